The molecule has 0 N–H and O–H groups in total. The van der Waals surface area contributed by atoms with E-state index in [0.717, 1.165) is 27.1 Å². The van der Waals surface area contributed by atoms with Crippen LogP contribution in [-0.2, 0) is 0 Å². The number of fused-ring (bicyclic) bond motifs is 2. The molecular weight excluding hydrogens is 376 g/mol. The van der Waals surface area contributed by atoms with E-state index in [0.29, 0.717) is 36.0 Å². The Morgan fingerprint density at radius 1 is 0.800 bits per heavy atom. The zero-order valence-corrected chi connectivity index (χ0v) is 17.4. The van der Waals surface area contributed by atoms with Crippen molar-refractivity contribution in [3.8, 4) is 17.2 Å². The SMILES string of the molecule is CCOc1c(C(=O)Oc2cccc3ccccc23)cc(OCC)c2c(C)cccc12. The van der Waals surface area contributed by atoms with E-state index in [1.165, 1.54) is 0 Å². The summed E-state index contributed by atoms with van der Waals surface area (Å²) in [6, 6.07) is 21.1. The summed E-state index contributed by atoms with van der Waals surface area (Å²) in [4.78, 5) is 13.3. The molecule has 0 spiro atoms. The molecule has 0 saturated heterocycles. The van der Waals surface area contributed by atoms with Crippen LogP contribution in [0.4, 0.5) is 0 Å². The molecule has 152 valence electrons. The van der Waals surface area contributed by atoms with Crippen molar-refractivity contribution in [2.24, 2.45) is 0 Å². The first kappa shape index (κ1) is 19.8. The van der Waals surface area contributed by atoms with Crippen LogP contribution in [0.1, 0.15) is 29.8 Å². The molecule has 30 heavy (non-hydrogen) atoms. The number of carbonyl (C=O) groups is 1. The van der Waals surface area contributed by atoms with E-state index in [2.05, 4.69) is 0 Å². The van der Waals surface area contributed by atoms with Crippen molar-refractivity contribution < 1.29 is 19.0 Å². The van der Waals surface area contributed by atoms with Crippen molar-refractivity contribution in [1.29, 1.82) is 0 Å². The highest BCUT2D eigenvalue weighted by Gasteiger charge is 2.22. The molecule has 0 aliphatic rings. The first-order valence-corrected chi connectivity index (χ1v) is 10.2. The predicted octanol–water partition coefficient (Wildman–Crippen LogP) is 6.32. The van der Waals surface area contributed by atoms with Gasteiger partial charge in [-0.3, -0.25) is 0 Å². The van der Waals surface area contributed by atoms with Gasteiger partial charge >= 0.3 is 5.97 Å². The average molecular weight is 400 g/mol. The molecule has 4 nitrogen and oxygen atoms in total. The Morgan fingerprint density at radius 2 is 1.50 bits per heavy atom. The number of rotatable bonds is 6. The van der Waals surface area contributed by atoms with E-state index in [9.17, 15) is 4.79 Å². The second kappa shape index (κ2) is 8.46. The Bertz CT molecular complexity index is 1220. The lowest BCUT2D eigenvalue weighted by Gasteiger charge is -2.18. The zero-order chi connectivity index (χ0) is 21.1. The molecule has 0 bridgehead atoms. The van der Waals surface area contributed by atoms with Crippen LogP contribution in [-0.4, -0.2) is 19.2 Å². The van der Waals surface area contributed by atoms with Gasteiger partial charge in [-0.1, -0.05) is 54.6 Å². The maximum atomic E-state index is 13.3. The highest BCUT2D eigenvalue weighted by atomic mass is 16.5. The van der Waals surface area contributed by atoms with Gasteiger partial charge in [0.2, 0.25) is 0 Å². The van der Waals surface area contributed by atoms with Crippen LogP contribution >= 0.6 is 0 Å². The summed E-state index contributed by atoms with van der Waals surface area (Å²) in [6.07, 6.45) is 0. The second-order valence-corrected chi connectivity index (χ2v) is 6.98. The third-order valence-electron chi connectivity index (χ3n) is 5.04. The molecule has 4 aromatic carbocycles. The van der Waals surface area contributed by atoms with Crippen molar-refractivity contribution in [2.45, 2.75) is 20.8 Å². The van der Waals surface area contributed by atoms with E-state index in [-0.39, 0.29) is 0 Å². The Hall–Kier alpha value is -3.53. The monoisotopic (exact) mass is 400 g/mol. The van der Waals surface area contributed by atoms with Gasteiger partial charge in [-0.25, -0.2) is 4.79 Å². The van der Waals surface area contributed by atoms with Gasteiger partial charge in [-0.2, -0.15) is 0 Å². The number of benzene rings is 4. The highest BCUT2D eigenvalue weighted by molar-refractivity contribution is 6.06. The summed E-state index contributed by atoms with van der Waals surface area (Å²) in [7, 11) is 0. The number of hydrogen-bond donors (Lipinski definition) is 0. The molecule has 0 amide bonds. The van der Waals surface area contributed by atoms with Gasteiger partial charge in [0.25, 0.3) is 0 Å². The molecule has 0 aliphatic carbocycles. The number of hydrogen-bond acceptors (Lipinski definition) is 4. The maximum Gasteiger partial charge on any atom is 0.347 e. The fourth-order valence-corrected chi connectivity index (χ4v) is 3.76. The number of aryl methyl sites for hydroxylation is 1. The van der Waals surface area contributed by atoms with E-state index >= 15 is 0 Å². The fourth-order valence-electron chi connectivity index (χ4n) is 3.76. The first-order valence-electron chi connectivity index (χ1n) is 10.2. The Morgan fingerprint density at radius 3 is 2.30 bits per heavy atom. The van der Waals surface area contributed by atoms with Crippen molar-refractivity contribution in [1.82, 2.24) is 0 Å². The standard InChI is InChI=1S/C26H24O4/c1-4-28-23-16-21(25(29-5-2)20-14-8-10-17(3)24(20)23)26(27)30-22-15-9-12-18-11-6-7-13-19(18)22/h6-16H,4-5H2,1-3H3. The van der Waals surface area contributed by atoms with Crippen LogP contribution in [0.3, 0.4) is 0 Å². The molecule has 0 fully saturated rings. The van der Waals surface area contributed by atoms with Crippen molar-refractivity contribution >= 4 is 27.5 Å². The van der Waals surface area contributed by atoms with Gasteiger partial charge in [-0.15, -0.1) is 0 Å². The normalized spacial score (nSPS) is 10.9. The molecular formula is C26H24O4. The minimum atomic E-state index is -0.473. The lowest BCUT2D eigenvalue weighted by atomic mass is 10.00. The average Bonchev–Trinajstić information content (AvgIpc) is 2.75. The van der Waals surface area contributed by atoms with Crippen molar-refractivity contribution in [3.05, 3.63) is 77.9 Å². The summed E-state index contributed by atoms with van der Waals surface area (Å²) in [5, 5.41) is 3.68. The van der Waals surface area contributed by atoms with Crippen LogP contribution in [0.5, 0.6) is 17.2 Å². The summed E-state index contributed by atoms with van der Waals surface area (Å²) >= 11 is 0. The van der Waals surface area contributed by atoms with Crippen molar-refractivity contribution in [3.63, 3.8) is 0 Å². The summed E-state index contributed by atoms with van der Waals surface area (Å²) in [6.45, 7) is 6.78. The van der Waals surface area contributed by atoms with E-state index in [4.69, 9.17) is 14.2 Å². The van der Waals surface area contributed by atoms with Crippen LogP contribution in [0.15, 0.2) is 66.7 Å². The first-order chi connectivity index (χ1) is 14.6. The number of ether oxygens (including phenoxy) is 3. The molecule has 0 heterocycles. The predicted molar refractivity (Wildman–Crippen MR) is 120 cm³/mol. The summed E-state index contributed by atoms with van der Waals surface area (Å²) in [5.74, 6) is 1.21. The van der Waals surface area contributed by atoms with Gasteiger partial charge in [0.1, 0.15) is 22.8 Å². The molecule has 0 atom stereocenters. The molecule has 0 aliphatic heterocycles. The van der Waals surface area contributed by atoms with E-state index in [1.54, 1.807) is 12.1 Å². The van der Waals surface area contributed by atoms with Crippen LogP contribution < -0.4 is 14.2 Å². The Kier molecular flexibility index (Phi) is 5.57. The van der Waals surface area contributed by atoms with Crippen molar-refractivity contribution in [2.75, 3.05) is 13.2 Å². The maximum absolute atomic E-state index is 13.3. The quantitative estimate of drug-likeness (QED) is 0.281. The third kappa shape index (κ3) is 3.57. The molecule has 4 heteroatoms. The molecule has 0 aromatic heterocycles. The minimum Gasteiger partial charge on any atom is -0.493 e. The van der Waals surface area contributed by atoms with Gasteiger partial charge in [-0.05, 0) is 43.9 Å². The van der Waals surface area contributed by atoms with Crippen LogP contribution in [0, 0.1) is 6.92 Å². The van der Waals surface area contributed by atoms with Crippen LogP contribution in [0.25, 0.3) is 21.5 Å². The lowest BCUT2D eigenvalue weighted by Crippen LogP contribution is -2.12. The number of carbonyl (C=O) groups excluding carboxylic acids is 1. The van der Waals surface area contributed by atoms with E-state index < -0.39 is 5.97 Å². The van der Waals surface area contributed by atoms with Gasteiger partial charge in [0.15, 0.2) is 0 Å². The second-order valence-electron chi connectivity index (χ2n) is 6.98. The zero-order valence-electron chi connectivity index (χ0n) is 17.4. The highest BCUT2D eigenvalue weighted by Crippen LogP contribution is 2.39. The lowest BCUT2D eigenvalue weighted by molar-refractivity contribution is 0.0732. The fraction of sp³-hybridized carbons (Fsp3) is 0.192. The smallest absolute Gasteiger partial charge is 0.347 e. The number of esters is 1. The van der Waals surface area contributed by atoms with Gasteiger partial charge in [0, 0.05) is 16.2 Å². The van der Waals surface area contributed by atoms with Crippen LogP contribution in [0.2, 0.25) is 0 Å². The summed E-state index contributed by atoms with van der Waals surface area (Å²) in [5.41, 5.74) is 1.41. The summed E-state index contributed by atoms with van der Waals surface area (Å²) < 4.78 is 17.6. The molecule has 0 unspecified atom stereocenters. The minimum absolute atomic E-state index is 0.353. The third-order valence-corrected chi connectivity index (χ3v) is 5.04. The topological polar surface area (TPSA) is 44.8 Å². The van der Waals surface area contributed by atoms with E-state index in [1.807, 2.05) is 75.4 Å². The largest absolute Gasteiger partial charge is 0.493 e. The van der Waals surface area contributed by atoms with Gasteiger partial charge < -0.3 is 14.2 Å². The molecule has 0 radical (unpaired) electrons. The molecule has 4 rings (SSSR count). The Labute approximate surface area is 176 Å². The van der Waals surface area contributed by atoms with Gasteiger partial charge in [0.05, 0.1) is 13.2 Å². The molecule has 0 saturated carbocycles. The molecule has 4 aromatic rings. The Balaban J connectivity index is 1.86.